The van der Waals surface area contributed by atoms with E-state index in [4.69, 9.17) is 4.74 Å². The van der Waals surface area contributed by atoms with Crippen molar-refractivity contribution in [3.63, 3.8) is 0 Å². The van der Waals surface area contributed by atoms with Gasteiger partial charge in [0.1, 0.15) is 23.4 Å². The second-order valence-electron chi connectivity index (χ2n) is 12.5. The number of unbranched alkanes of at least 4 members (excludes halogenated alkanes) is 3. The summed E-state index contributed by atoms with van der Waals surface area (Å²) < 4.78 is 5.53. The van der Waals surface area contributed by atoms with Crippen LogP contribution < -0.4 is 10.6 Å². The Kier molecular flexibility index (Phi) is 11.8. The van der Waals surface area contributed by atoms with Crippen molar-refractivity contribution in [3.05, 3.63) is 108 Å². The Labute approximate surface area is 271 Å². The number of hydrogen-bond acceptors (Lipinski definition) is 5. The molecule has 3 N–H and O–H groups in total. The van der Waals surface area contributed by atoms with Crippen molar-refractivity contribution in [3.8, 4) is 5.75 Å². The van der Waals surface area contributed by atoms with E-state index in [9.17, 15) is 19.5 Å². The molecule has 4 aromatic carbocycles. The van der Waals surface area contributed by atoms with E-state index in [0.717, 1.165) is 35.6 Å². The predicted molar refractivity (Wildman–Crippen MR) is 183 cm³/mol. The molecule has 0 aromatic heterocycles. The second-order valence-corrected chi connectivity index (χ2v) is 12.5. The van der Waals surface area contributed by atoms with Crippen molar-refractivity contribution in [2.24, 2.45) is 0 Å². The zero-order valence-corrected chi connectivity index (χ0v) is 27.2. The summed E-state index contributed by atoms with van der Waals surface area (Å²) in [6.45, 7) is 7.61. The van der Waals surface area contributed by atoms with Crippen molar-refractivity contribution < 1.29 is 24.2 Å². The van der Waals surface area contributed by atoms with Crippen molar-refractivity contribution in [2.45, 2.75) is 77.5 Å². The molecule has 8 nitrogen and oxygen atoms in total. The SMILES string of the molecule is CCCCCCN(C(=O)C(Cc1ccccc1)NC(=O)OC(C)(C)C)C(C(=O)Nc1ccc2ccccc2c1)c1ccccc1O. The van der Waals surface area contributed by atoms with Gasteiger partial charge in [0.15, 0.2) is 0 Å². The Morgan fingerprint density at radius 3 is 2.20 bits per heavy atom. The van der Waals surface area contributed by atoms with E-state index in [2.05, 4.69) is 17.6 Å². The van der Waals surface area contributed by atoms with Crippen LogP contribution in [0.15, 0.2) is 97.1 Å². The zero-order chi connectivity index (χ0) is 33.1. The Balaban J connectivity index is 1.75. The summed E-state index contributed by atoms with van der Waals surface area (Å²) in [5, 5.41) is 18.8. The maximum atomic E-state index is 14.7. The number of rotatable bonds is 13. The Bertz CT molecular complexity index is 1620. The van der Waals surface area contributed by atoms with E-state index < -0.39 is 35.6 Å². The summed E-state index contributed by atoms with van der Waals surface area (Å²) in [6.07, 6.45) is 2.91. The number of ether oxygens (including phenoxy) is 1. The molecule has 8 heteroatoms. The van der Waals surface area contributed by atoms with Crippen LogP contribution in [-0.2, 0) is 20.7 Å². The molecule has 242 valence electrons. The van der Waals surface area contributed by atoms with Gasteiger partial charge in [0.2, 0.25) is 5.91 Å². The van der Waals surface area contributed by atoms with Crippen LogP contribution >= 0.6 is 0 Å². The highest BCUT2D eigenvalue weighted by molar-refractivity contribution is 6.00. The first-order valence-corrected chi connectivity index (χ1v) is 16.0. The van der Waals surface area contributed by atoms with Crippen LogP contribution in [0.2, 0.25) is 0 Å². The van der Waals surface area contributed by atoms with Gasteiger partial charge in [-0.05, 0) is 61.7 Å². The van der Waals surface area contributed by atoms with Crippen LogP contribution in [0.25, 0.3) is 10.8 Å². The third kappa shape index (κ3) is 9.57. The zero-order valence-electron chi connectivity index (χ0n) is 27.2. The van der Waals surface area contributed by atoms with Gasteiger partial charge in [-0.3, -0.25) is 9.59 Å². The minimum atomic E-state index is -1.18. The summed E-state index contributed by atoms with van der Waals surface area (Å²) in [6, 6.07) is 27.2. The summed E-state index contributed by atoms with van der Waals surface area (Å²) in [5.74, 6) is -1.03. The van der Waals surface area contributed by atoms with Crippen molar-refractivity contribution in [1.29, 1.82) is 0 Å². The van der Waals surface area contributed by atoms with Gasteiger partial charge in [-0.1, -0.05) is 105 Å². The summed E-state index contributed by atoms with van der Waals surface area (Å²) in [5.41, 5.74) is 0.917. The highest BCUT2D eigenvalue weighted by Crippen LogP contribution is 2.32. The third-order valence-electron chi connectivity index (χ3n) is 7.62. The molecule has 0 spiro atoms. The summed E-state index contributed by atoms with van der Waals surface area (Å²) >= 11 is 0. The van der Waals surface area contributed by atoms with Crippen LogP contribution in [0.3, 0.4) is 0 Å². The van der Waals surface area contributed by atoms with Crippen LogP contribution in [-0.4, -0.2) is 46.1 Å². The average Bonchev–Trinajstić information content (AvgIpc) is 3.02. The molecular formula is C38H45N3O5. The number of nitrogens with zero attached hydrogens (tertiary/aromatic N) is 1. The normalized spacial score (nSPS) is 12.6. The number of hydrogen-bond donors (Lipinski definition) is 3. The van der Waals surface area contributed by atoms with Crippen LogP contribution in [0.4, 0.5) is 10.5 Å². The van der Waals surface area contributed by atoms with E-state index in [1.54, 1.807) is 39.0 Å². The molecule has 3 amide bonds. The number of phenols is 1. The standard InChI is InChI=1S/C38H45N3O5/c1-5-6-7-15-24-41(36(44)32(25-27-16-9-8-10-17-27)40-37(45)46-38(2,3)4)34(31-20-13-14-21-33(31)42)35(43)39-30-23-22-28-18-11-12-19-29(28)26-30/h8-14,16-23,26,32,34,42H,5-7,15,24-25H2,1-4H3,(H,39,43)(H,40,45). The molecule has 4 aromatic rings. The fourth-order valence-corrected chi connectivity index (χ4v) is 5.42. The van der Waals surface area contributed by atoms with E-state index in [1.165, 1.54) is 11.0 Å². The van der Waals surface area contributed by atoms with Crippen LogP contribution in [0.1, 0.15) is 70.5 Å². The van der Waals surface area contributed by atoms with Crippen molar-refractivity contribution >= 4 is 34.4 Å². The molecule has 0 radical (unpaired) electrons. The van der Waals surface area contributed by atoms with E-state index in [0.29, 0.717) is 17.7 Å². The first-order chi connectivity index (χ1) is 22.1. The topological polar surface area (TPSA) is 108 Å². The average molecular weight is 624 g/mol. The predicted octanol–water partition coefficient (Wildman–Crippen LogP) is 7.77. The molecule has 0 bridgehead atoms. The number of amides is 3. The maximum absolute atomic E-state index is 14.7. The Morgan fingerprint density at radius 2 is 1.50 bits per heavy atom. The van der Waals surface area contributed by atoms with Crippen LogP contribution in [0.5, 0.6) is 5.75 Å². The largest absolute Gasteiger partial charge is 0.508 e. The number of para-hydroxylation sites is 1. The second kappa shape index (κ2) is 15.9. The molecule has 0 aliphatic rings. The third-order valence-corrected chi connectivity index (χ3v) is 7.62. The lowest BCUT2D eigenvalue weighted by Gasteiger charge is -2.35. The molecule has 46 heavy (non-hydrogen) atoms. The fourth-order valence-electron chi connectivity index (χ4n) is 5.42. The molecule has 4 rings (SSSR count). The number of carbonyl (C=O) groups is 3. The molecule has 2 atom stereocenters. The first-order valence-electron chi connectivity index (χ1n) is 16.0. The van der Waals surface area contributed by atoms with Gasteiger partial charge < -0.3 is 25.4 Å². The number of benzene rings is 4. The maximum Gasteiger partial charge on any atom is 0.408 e. The smallest absolute Gasteiger partial charge is 0.408 e. The van der Waals surface area contributed by atoms with Crippen LogP contribution in [0, 0.1) is 0 Å². The monoisotopic (exact) mass is 623 g/mol. The van der Waals surface area contributed by atoms with Gasteiger partial charge in [-0.25, -0.2) is 4.79 Å². The molecule has 0 saturated heterocycles. The van der Waals surface area contributed by atoms with Gasteiger partial charge in [0.25, 0.3) is 5.91 Å². The molecule has 0 saturated carbocycles. The molecule has 2 unspecified atom stereocenters. The number of aromatic hydroxyl groups is 1. The first kappa shape index (κ1) is 34.0. The Morgan fingerprint density at radius 1 is 0.826 bits per heavy atom. The minimum absolute atomic E-state index is 0.104. The highest BCUT2D eigenvalue weighted by Gasteiger charge is 2.37. The van der Waals surface area contributed by atoms with E-state index in [1.807, 2.05) is 72.8 Å². The molecule has 0 aliphatic carbocycles. The quantitative estimate of drug-likeness (QED) is 0.132. The van der Waals surface area contributed by atoms with E-state index >= 15 is 0 Å². The van der Waals surface area contributed by atoms with Crippen molar-refractivity contribution in [1.82, 2.24) is 10.2 Å². The number of anilines is 1. The molecule has 0 heterocycles. The van der Waals surface area contributed by atoms with Crippen molar-refractivity contribution in [2.75, 3.05) is 11.9 Å². The van der Waals surface area contributed by atoms with Gasteiger partial charge in [-0.2, -0.15) is 0 Å². The Hall–Kier alpha value is -4.85. The number of alkyl carbamates (subject to hydrolysis) is 1. The van der Waals surface area contributed by atoms with Gasteiger partial charge in [-0.15, -0.1) is 0 Å². The summed E-state index contributed by atoms with van der Waals surface area (Å²) in [7, 11) is 0. The molecule has 0 fully saturated rings. The molecule has 0 aliphatic heterocycles. The minimum Gasteiger partial charge on any atom is -0.508 e. The number of phenolic OH excluding ortho intramolecular Hbond substituents is 1. The number of fused-ring (bicyclic) bond motifs is 1. The van der Waals surface area contributed by atoms with Gasteiger partial charge in [0, 0.05) is 24.2 Å². The van der Waals surface area contributed by atoms with Gasteiger partial charge in [0.05, 0.1) is 0 Å². The van der Waals surface area contributed by atoms with E-state index in [-0.39, 0.29) is 18.7 Å². The van der Waals surface area contributed by atoms with Gasteiger partial charge >= 0.3 is 6.09 Å². The lowest BCUT2D eigenvalue weighted by Crippen LogP contribution is -2.53. The highest BCUT2D eigenvalue weighted by atomic mass is 16.6. The lowest BCUT2D eigenvalue weighted by molar-refractivity contribution is -0.141. The fraction of sp³-hybridized carbons (Fsp3) is 0.342. The summed E-state index contributed by atoms with van der Waals surface area (Å²) in [4.78, 5) is 43.5. The molecular weight excluding hydrogens is 578 g/mol. The number of nitrogens with one attached hydrogen (secondary N) is 2. The number of carbonyl (C=O) groups excluding carboxylic acids is 3. The lowest BCUT2D eigenvalue weighted by atomic mass is 9.98.